The molecule has 0 aliphatic carbocycles. The number of ether oxygens (including phenoxy) is 2. The maximum absolute atomic E-state index is 14.8. The fourth-order valence-electron chi connectivity index (χ4n) is 6.21. The molecule has 2 N–H and O–H groups in total. The largest absolute Gasteiger partial charge is 0.468 e. The lowest BCUT2D eigenvalue weighted by molar-refractivity contribution is -0.200. The Hall–Kier alpha value is -4.15. The summed E-state index contributed by atoms with van der Waals surface area (Å²) in [5, 5.41) is 0. The Labute approximate surface area is 227 Å². The molecule has 4 unspecified atom stereocenters. The normalized spacial score (nSPS) is 27.5. The van der Waals surface area contributed by atoms with Crippen LogP contribution < -0.4 is 5.73 Å². The summed E-state index contributed by atoms with van der Waals surface area (Å²) in [6, 6.07) is 9.06. The number of likely N-dealkylation sites (N-methyl/N-ethyl adjacent to an activating group) is 1. The summed E-state index contributed by atoms with van der Waals surface area (Å²) in [5.74, 6) is -2.08. The van der Waals surface area contributed by atoms with Gasteiger partial charge in [-0.25, -0.2) is 0 Å². The number of fused-ring (bicyclic) bond motifs is 2. The van der Waals surface area contributed by atoms with Crippen LogP contribution in [0.1, 0.15) is 17.4 Å². The van der Waals surface area contributed by atoms with Gasteiger partial charge in [0, 0.05) is 32.0 Å². The SMILES string of the molecule is C=C(/C=C\C=C/N)C1N(C)C(c2ccccn2)C2(C(=O)OC)CN(Cc3ccccn3)CC1(C(=O)OC)C2=O. The maximum atomic E-state index is 14.8. The van der Waals surface area contributed by atoms with E-state index in [9.17, 15) is 14.4 Å². The summed E-state index contributed by atoms with van der Waals surface area (Å²) in [7, 11) is 4.24. The first-order valence-electron chi connectivity index (χ1n) is 12.5. The second-order valence-electron chi connectivity index (χ2n) is 9.77. The summed E-state index contributed by atoms with van der Waals surface area (Å²) >= 11 is 0. The molecule has 204 valence electrons. The third-order valence-corrected chi connectivity index (χ3v) is 7.57. The predicted octanol–water partition coefficient (Wildman–Crippen LogP) is 1.82. The molecular formula is C29H33N5O5. The third-order valence-electron chi connectivity index (χ3n) is 7.57. The highest BCUT2D eigenvalue weighted by Crippen LogP contribution is 2.57. The number of esters is 2. The zero-order chi connectivity index (χ0) is 28.2. The van der Waals surface area contributed by atoms with E-state index in [1.807, 2.05) is 21.9 Å². The van der Waals surface area contributed by atoms with Crippen LogP contribution >= 0.6 is 0 Å². The van der Waals surface area contributed by atoms with Gasteiger partial charge >= 0.3 is 11.9 Å². The first kappa shape index (κ1) is 27.9. The molecule has 2 saturated heterocycles. The Morgan fingerprint density at radius 1 is 1.05 bits per heavy atom. The quantitative estimate of drug-likeness (QED) is 0.306. The van der Waals surface area contributed by atoms with Crippen molar-refractivity contribution in [3.63, 3.8) is 0 Å². The Bertz CT molecular complexity index is 1300. The maximum Gasteiger partial charge on any atom is 0.322 e. The highest BCUT2D eigenvalue weighted by atomic mass is 16.5. The number of ketones is 1. The third kappa shape index (κ3) is 4.55. The van der Waals surface area contributed by atoms with E-state index in [4.69, 9.17) is 15.2 Å². The molecule has 0 aromatic carbocycles. The molecule has 2 aromatic rings. The van der Waals surface area contributed by atoms with Crippen molar-refractivity contribution in [2.75, 3.05) is 34.4 Å². The number of hydrogen-bond acceptors (Lipinski definition) is 10. The Morgan fingerprint density at radius 3 is 2.28 bits per heavy atom. The zero-order valence-corrected chi connectivity index (χ0v) is 22.3. The first-order chi connectivity index (χ1) is 18.8. The minimum absolute atomic E-state index is 0.00957. The molecule has 10 heteroatoms. The van der Waals surface area contributed by atoms with Crippen LogP contribution in [-0.4, -0.2) is 77.9 Å². The summed E-state index contributed by atoms with van der Waals surface area (Å²) in [5.41, 5.74) is 3.58. The van der Waals surface area contributed by atoms with Gasteiger partial charge in [0.05, 0.1) is 37.7 Å². The van der Waals surface area contributed by atoms with Crippen molar-refractivity contribution >= 4 is 17.7 Å². The van der Waals surface area contributed by atoms with Crippen LogP contribution in [0, 0.1) is 10.8 Å². The second-order valence-corrected chi connectivity index (χ2v) is 9.77. The predicted molar refractivity (Wildman–Crippen MR) is 144 cm³/mol. The molecule has 4 heterocycles. The van der Waals surface area contributed by atoms with E-state index < -0.39 is 40.6 Å². The zero-order valence-electron chi connectivity index (χ0n) is 22.3. The number of nitrogens with zero attached hydrogens (tertiary/aromatic N) is 4. The van der Waals surface area contributed by atoms with E-state index in [1.54, 1.807) is 61.9 Å². The lowest BCUT2D eigenvalue weighted by Crippen LogP contribution is -2.78. The number of Topliss-reactive ketones (excluding diaryl/α,β-unsaturated/α-hetero) is 1. The van der Waals surface area contributed by atoms with Gasteiger partial charge < -0.3 is 15.2 Å². The van der Waals surface area contributed by atoms with E-state index >= 15 is 0 Å². The van der Waals surface area contributed by atoms with Crippen molar-refractivity contribution in [2.24, 2.45) is 16.6 Å². The van der Waals surface area contributed by atoms with Gasteiger partial charge in [-0.05, 0) is 49.2 Å². The Balaban J connectivity index is 2.01. The molecule has 2 aliphatic rings. The summed E-state index contributed by atoms with van der Waals surface area (Å²) in [4.78, 5) is 55.2. The monoisotopic (exact) mass is 531 g/mol. The lowest BCUT2D eigenvalue weighted by Gasteiger charge is -2.61. The van der Waals surface area contributed by atoms with E-state index in [0.717, 1.165) is 5.69 Å². The molecule has 2 aliphatic heterocycles. The summed E-state index contributed by atoms with van der Waals surface area (Å²) in [6.45, 7) is 4.50. The molecule has 4 rings (SSSR count). The topological polar surface area (TPSA) is 128 Å². The van der Waals surface area contributed by atoms with Gasteiger partial charge in [-0.15, -0.1) is 0 Å². The number of likely N-dealkylation sites (tertiary alicyclic amines) is 2. The number of carbonyl (C=O) groups excluding carboxylic acids is 3. The number of allylic oxidation sites excluding steroid dienone is 2. The van der Waals surface area contributed by atoms with Crippen molar-refractivity contribution in [3.8, 4) is 0 Å². The number of carbonyl (C=O) groups is 3. The van der Waals surface area contributed by atoms with Crippen molar-refractivity contribution in [2.45, 2.75) is 18.6 Å². The van der Waals surface area contributed by atoms with Gasteiger partial charge in [-0.1, -0.05) is 30.9 Å². The minimum atomic E-state index is -1.80. The highest BCUT2D eigenvalue weighted by Gasteiger charge is 2.75. The number of rotatable bonds is 8. The number of aromatic nitrogens is 2. The Kier molecular flexibility index (Phi) is 8.08. The number of pyridine rings is 2. The fraction of sp³-hybridized carbons (Fsp3) is 0.345. The molecule has 0 saturated carbocycles. The van der Waals surface area contributed by atoms with Crippen molar-refractivity contribution in [3.05, 3.63) is 96.8 Å². The lowest BCUT2D eigenvalue weighted by atomic mass is 9.54. The van der Waals surface area contributed by atoms with Crippen molar-refractivity contribution in [1.29, 1.82) is 0 Å². The first-order valence-corrected chi connectivity index (χ1v) is 12.5. The minimum Gasteiger partial charge on any atom is -0.468 e. The van der Waals surface area contributed by atoms with E-state index in [2.05, 4.69) is 16.5 Å². The molecule has 0 spiro atoms. The van der Waals surface area contributed by atoms with Gasteiger partial charge in [-0.2, -0.15) is 0 Å². The van der Waals surface area contributed by atoms with Crippen LogP contribution in [0.15, 0.2) is 85.4 Å². The summed E-state index contributed by atoms with van der Waals surface area (Å²) < 4.78 is 10.6. The van der Waals surface area contributed by atoms with Crippen LogP contribution in [0.25, 0.3) is 0 Å². The van der Waals surface area contributed by atoms with Gasteiger partial charge in [0.25, 0.3) is 0 Å². The fourth-order valence-corrected chi connectivity index (χ4v) is 6.21. The molecule has 0 amide bonds. The molecule has 4 atom stereocenters. The number of methoxy groups -OCH3 is 2. The molecule has 10 nitrogen and oxygen atoms in total. The van der Waals surface area contributed by atoms with Crippen LogP contribution in [0.3, 0.4) is 0 Å². The van der Waals surface area contributed by atoms with E-state index in [1.165, 1.54) is 20.4 Å². The smallest absolute Gasteiger partial charge is 0.322 e. The van der Waals surface area contributed by atoms with Gasteiger partial charge in [-0.3, -0.25) is 34.2 Å². The summed E-state index contributed by atoms with van der Waals surface area (Å²) in [6.07, 6.45) is 9.62. The van der Waals surface area contributed by atoms with E-state index in [0.29, 0.717) is 11.3 Å². The molecular weight excluding hydrogens is 498 g/mol. The highest BCUT2D eigenvalue weighted by molar-refractivity contribution is 6.18. The Morgan fingerprint density at radius 2 is 1.69 bits per heavy atom. The average molecular weight is 532 g/mol. The van der Waals surface area contributed by atoms with Crippen molar-refractivity contribution in [1.82, 2.24) is 19.8 Å². The standard InChI is InChI=1S/C29H33N5O5/c1-20(11-5-8-14-30)23-28(26(36)38-3)18-34(17-21-12-6-9-15-31-21)19-29(25(28)35,27(37)39-4)24(33(23)2)22-13-7-10-16-32-22/h5-16,23-24H,1,17-19,30H2,2-4H3/b11-5-,14-8-. The molecule has 39 heavy (non-hydrogen) atoms. The van der Waals surface area contributed by atoms with Crippen LogP contribution in [0.5, 0.6) is 0 Å². The molecule has 2 bridgehead atoms. The van der Waals surface area contributed by atoms with Crippen molar-refractivity contribution < 1.29 is 23.9 Å². The average Bonchev–Trinajstić information content (AvgIpc) is 2.95. The van der Waals surface area contributed by atoms with Gasteiger partial charge in [0.2, 0.25) is 0 Å². The molecule has 0 radical (unpaired) electrons. The number of hydrogen-bond donors (Lipinski definition) is 1. The second kappa shape index (κ2) is 11.3. The van der Waals surface area contributed by atoms with E-state index in [-0.39, 0.29) is 19.6 Å². The number of piperidine rings is 2. The molecule has 2 aromatic heterocycles. The van der Waals surface area contributed by atoms with Crippen LogP contribution in [0.4, 0.5) is 0 Å². The van der Waals surface area contributed by atoms with Gasteiger partial charge in [0.15, 0.2) is 16.6 Å². The van der Waals surface area contributed by atoms with Crippen LogP contribution in [0.2, 0.25) is 0 Å². The van der Waals surface area contributed by atoms with Crippen LogP contribution in [-0.2, 0) is 30.4 Å². The number of nitrogens with two attached hydrogens (primary N) is 1. The molecule has 2 fully saturated rings. The van der Waals surface area contributed by atoms with Gasteiger partial charge in [0.1, 0.15) is 0 Å².